The van der Waals surface area contributed by atoms with E-state index in [-0.39, 0.29) is 17.7 Å². The van der Waals surface area contributed by atoms with Crippen LogP contribution in [0.4, 0.5) is 0 Å². The summed E-state index contributed by atoms with van der Waals surface area (Å²) < 4.78 is 29.4. The predicted molar refractivity (Wildman–Crippen MR) is 199 cm³/mol. The highest BCUT2D eigenvalue weighted by Crippen LogP contribution is 2.80. The number of ketones is 1. The van der Waals surface area contributed by atoms with E-state index in [0.717, 1.165) is 6.92 Å². The van der Waals surface area contributed by atoms with Gasteiger partial charge in [-0.2, -0.15) is 0 Å². The van der Waals surface area contributed by atoms with Gasteiger partial charge in [-0.3, -0.25) is 19.2 Å². The van der Waals surface area contributed by atoms with Crippen LogP contribution in [0, 0.1) is 63.1 Å². The Morgan fingerprint density at radius 3 is 2.14 bits per heavy atom. The molecule has 1 spiro atoms. The Balaban J connectivity index is 1.18. The van der Waals surface area contributed by atoms with Crippen molar-refractivity contribution in [3.05, 3.63) is 29.8 Å². The Hall–Kier alpha value is -3.51. The van der Waals surface area contributed by atoms with E-state index < -0.39 is 159 Å². The lowest BCUT2D eigenvalue weighted by Gasteiger charge is -2.67. The van der Waals surface area contributed by atoms with Crippen LogP contribution in [0.1, 0.15) is 79.1 Å². The number of carbonyl (C=O) groups excluding carboxylic acids is 5. The highest BCUT2D eigenvalue weighted by atomic mass is 16.8. The molecule has 9 rings (SSSR count). The van der Waals surface area contributed by atoms with Crippen LogP contribution in [0.15, 0.2) is 24.3 Å². The fourth-order valence-electron chi connectivity index (χ4n) is 14.0. The molecule has 1 aromatic rings. The summed E-state index contributed by atoms with van der Waals surface area (Å²) in [7, 11) is 0. The summed E-state index contributed by atoms with van der Waals surface area (Å²) in [5.74, 6) is -12.1. The SMILES string of the molecule is CC(=O)O[C@H]1[C@H]2[C@@H]([C@@H](O)[C@@H](NC(=O)c3ccc(OC(=O)C(C)(C)C)cc3)C3C[C@@H]4O[C@@H]4[C@H](O)[C@@]32C)[C@@H]2[C@@H](O)[C@@H]3[C@H]([C@H](C)[C@H]4O[C@]45OC(=O)[C@@](C)(O)[C@]35C)[C@@]2(C(C)=O)[C@H]1O. The molecular formula is C43H55NO15. The van der Waals surface area contributed by atoms with Gasteiger partial charge in [-0.1, -0.05) is 13.8 Å². The van der Waals surface area contributed by atoms with Gasteiger partial charge >= 0.3 is 17.9 Å². The fourth-order valence-corrected chi connectivity index (χ4v) is 14.0. The summed E-state index contributed by atoms with van der Waals surface area (Å²) >= 11 is 0. The zero-order valence-electron chi connectivity index (χ0n) is 34.6. The van der Waals surface area contributed by atoms with Gasteiger partial charge in [0.15, 0.2) is 5.60 Å². The highest BCUT2D eigenvalue weighted by Gasteiger charge is 2.93. The van der Waals surface area contributed by atoms with Crippen molar-refractivity contribution >= 4 is 29.6 Å². The molecular weight excluding hydrogens is 770 g/mol. The van der Waals surface area contributed by atoms with Gasteiger partial charge in [0, 0.05) is 41.6 Å². The average Bonchev–Trinajstić information content (AvgIpc) is 4.06. The largest absolute Gasteiger partial charge is 0.459 e. The first kappa shape index (κ1) is 40.9. The Bertz CT molecular complexity index is 2030. The number of aliphatic hydroxyl groups is 5. The number of nitrogens with one attached hydrogen (secondary N) is 1. The minimum Gasteiger partial charge on any atom is -0.459 e. The van der Waals surface area contributed by atoms with E-state index in [1.165, 1.54) is 38.1 Å². The first-order chi connectivity index (χ1) is 27.3. The first-order valence-corrected chi connectivity index (χ1v) is 20.7. The quantitative estimate of drug-likeness (QED) is 0.136. The van der Waals surface area contributed by atoms with Crippen molar-refractivity contribution < 1.29 is 73.2 Å². The molecule has 16 heteroatoms. The van der Waals surface area contributed by atoms with Crippen LogP contribution in [-0.4, -0.2) is 121 Å². The summed E-state index contributed by atoms with van der Waals surface area (Å²) in [6.07, 6.45) is -9.38. The van der Waals surface area contributed by atoms with Crippen LogP contribution in [0.5, 0.6) is 5.75 Å². The number of ether oxygens (including phenoxy) is 5. The maximum Gasteiger partial charge on any atom is 0.341 e. The zero-order valence-corrected chi connectivity index (χ0v) is 34.6. The molecule has 8 aliphatic rings. The predicted octanol–water partition coefficient (Wildman–Crippen LogP) is 0.662. The molecule has 0 radical (unpaired) electrons. The van der Waals surface area contributed by atoms with E-state index in [2.05, 4.69) is 5.32 Å². The number of Topliss-reactive ketones (excluding diaryl/α,β-unsaturated/α-hetero) is 1. The molecule has 59 heavy (non-hydrogen) atoms. The second kappa shape index (κ2) is 12.3. The van der Waals surface area contributed by atoms with Crippen molar-refractivity contribution in [2.45, 2.75) is 135 Å². The maximum atomic E-state index is 14.7. The number of hydrogen-bond donors (Lipinski definition) is 6. The first-order valence-electron chi connectivity index (χ1n) is 20.7. The number of epoxide rings is 2. The number of rotatable bonds is 5. The second-order valence-corrected chi connectivity index (χ2v) is 20.4. The summed E-state index contributed by atoms with van der Waals surface area (Å²) in [4.78, 5) is 68.0. The third-order valence-corrected chi connectivity index (χ3v) is 16.8. The van der Waals surface area contributed by atoms with Crippen molar-refractivity contribution in [2.75, 3.05) is 0 Å². The van der Waals surface area contributed by atoms with Crippen LogP contribution >= 0.6 is 0 Å². The van der Waals surface area contributed by atoms with Crippen LogP contribution < -0.4 is 10.1 Å². The minimum atomic E-state index is -2.23. The van der Waals surface area contributed by atoms with Crippen LogP contribution in [0.3, 0.4) is 0 Å². The highest BCUT2D eigenvalue weighted by molar-refractivity contribution is 5.94. The molecule has 5 saturated carbocycles. The Morgan fingerprint density at radius 1 is 0.898 bits per heavy atom. The molecule has 1 amide bonds. The number of aliphatic hydroxyl groups excluding tert-OH is 4. The monoisotopic (exact) mass is 825 g/mol. The van der Waals surface area contributed by atoms with E-state index in [1.807, 2.05) is 0 Å². The molecule has 322 valence electrons. The standard InChI is InChI=1S/C43H55NO15/c1-15-23-26(40(8)41(9,54)37(53)59-43(40)34(15)58-43)29(48)24-22-25(31(55-17(3)46)33(50)42(23,24)16(2)45)39(7)20(14-21-30(57-21)32(39)49)27(28(22)47)44-35(51)18-10-12-19(13-11-18)56-36(52)38(4,5)6/h10-13,15,20-34,47-50,54H,14H2,1-9H3,(H,44,51)/t15-,20?,21-,22-,23-,24+,25+,26-,27-,28+,29+,30-,31-,32-,33-,34+,39-,40-,41+,42+,43-/m0/s1. The molecule has 3 saturated heterocycles. The number of amides is 1. The van der Waals surface area contributed by atoms with Crippen LogP contribution in [-0.2, 0) is 38.1 Å². The molecule has 6 N–H and O–H groups in total. The van der Waals surface area contributed by atoms with Gasteiger partial charge in [0.2, 0.25) is 5.79 Å². The normalized spacial score (nSPS) is 52.1. The van der Waals surface area contributed by atoms with E-state index in [1.54, 1.807) is 41.5 Å². The molecule has 3 aliphatic heterocycles. The minimum absolute atomic E-state index is 0.162. The summed E-state index contributed by atoms with van der Waals surface area (Å²) in [5, 5.41) is 66.2. The maximum absolute atomic E-state index is 14.7. The van der Waals surface area contributed by atoms with Gasteiger partial charge < -0.3 is 54.5 Å². The lowest BCUT2D eigenvalue weighted by molar-refractivity contribution is -0.279. The Morgan fingerprint density at radius 2 is 1.54 bits per heavy atom. The van der Waals surface area contributed by atoms with E-state index in [9.17, 15) is 49.5 Å². The Labute approximate surface area is 341 Å². The molecule has 0 aromatic heterocycles. The smallest absolute Gasteiger partial charge is 0.341 e. The number of benzene rings is 1. The van der Waals surface area contributed by atoms with Gasteiger partial charge in [-0.25, -0.2) is 4.79 Å². The topological polar surface area (TPSA) is 251 Å². The van der Waals surface area contributed by atoms with Crippen LogP contribution in [0.2, 0.25) is 0 Å². The molecule has 8 fully saturated rings. The number of esters is 3. The second-order valence-electron chi connectivity index (χ2n) is 20.4. The van der Waals surface area contributed by atoms with Gasteiger partial charge in [0.05, 0.1) is 46.7 Å². The van der Waals surface area contributed by atoms with Gasteiger partial charge in [-0.15, -0.1) is 0 Å². The molecule has 16 nitrogen and oxygen atoms in total. The molecule has 21 atom stereocenters. The van der Waals surface area contributed by atoms with Crippen LogP contribution in [0.25, 0.3) is 0 Å². The average molecular weight is 826 g/mol. The van der Waals surface area contributed by atoms with E-state index in [4.69, 9.17) is 23.7 Å². The van der Waals surface area contributed by atoms with E-state index in [0.29, 0.717) is 0 Å². The van der Waals surface area contributed by atoms with Crippen molar-refractivity contribution in [1.82, 2.24) is 5.32 Å². The lowest BCUT2D eigenvalue weighted by Crippen LogP contribution is -2.77. The van der Waals surface area contributed by atoms with Crippen molar-refractivity contribution in [2.24, 2.45) is 63.1 Å². The van der Waals surface area contributed by atoms with Crippen molar-refractivity contribution in [1.29, 1.82) is 0 Å². The van der Waals surface area contributed by atoms with Gasteiger partial charge in [0.25, 0.3) is 5.91 Å². The van der Waals surface area contributed by atoms with Crippen molar-refractivity contribution in [3.63, 3.8) is 0 Å². The fraction of sp³-hybridized carbons (Fsp3) is 0.744. The molecule has 1 aromatic carbocycles. The van der Waals surface area contributed by atoms with Crippen molar-refractivity contribution in [3.8, 4) is 5.75 Å². The van der Waals surface area contributed by atoms with Gasteiger partial charge in [-0.05, 0) is 90.0 Å². The lowest BCUT2D eigenvalue weighted by atomic mass is 9.39. The molecule has 0 bridgehead atoms. The zero-order chi connectivity index (χ0) is 43.1. The summed E-state index contributed by atoms with van der Waals surface area (Å²) in [5.41, 5.74) is -7.85. The molecule has 1 unspecified atom stereocenters. The third-order valence-electron chi connectivity index (χ3n) is 16.8. The molecule has 5 aliphatic carbocycles. The number of fused-ring (bicyclic) bond motifs is 9. The van der Waals surface area contributed by atoms with Gasteiger partial charge in [0.1, 0.15) is 35.9 Å². The number of hydrogen-bond acceptors (Lipinski definition) is 15. The summed E-state index contributed by atoms with van der Waals surface area (Å²) in [6.45, 7) is 13.9. The Kier molecular flexibility index (Phi) is 8.54. The number of carbonyl (C=O) groups is 5. The van der Waals surface area contributed by atoms with E-state index >= 15 is 0 Å². The molecule has 3 heterocycles. The third kappa shape index (κ3) is 4.82. The summed E-state index contributed by atoms with van der Waals surface area (Å²) in [6, 6.07) is 4.74.